The first-order valence-corrected chi connectivity index (χ1v) is 3.99. The molecule has 1 aliphatic rings. The third-order valence-corrected chi connectivity index (χ3v) is 2.27. The lowest BCUT2D eigenvalue weighted by atomic mass is 9.94. The van der Waals surface area contributed by atoms with E-state index in [-0.39, 0.29) is 5.60 Å². The van der Waals surface area contributed by atoms with Gasteiger partial charge >= 0.3 is 0 Å². The predicted octanol–water partition coefficient (Wildman–Crippen LogP) is 0.518. The molecule has 1 saturated heterocycles. The molecule has 0 aromatic heterocycles. The number of carbonyl (C=O) groups excluding carboxylic acids is 1. The molecular weight excluding hydrogens is 158 g/mol. The van der Waals surface area contributed by atoms with Crippen molar-refractivity contribution in [2.24, 2.45) is 4.99 Å². The van der Waals surface area contributed by atoms with E-state index in [2.05, 4.69) is 4.99 Å². The van der Waals surface area contributed by atoms with Crippen molar-refractivity contribution in [1.82, 2.24) is 0 Å². The fourth-order valence-electron chi connectivity index (χ4n) is 1.35. The first-order chi connectivity index (χ1) is 5.83. The van der Waals surface area contributed by atoms with Gasteiger partial charge < -0.3 is 9.47 Å². The second-order valence-corrected chi connectivity index (χ2v) is 2.91. The zero-order chi connectivity index (χ0) is 8.86. The Bertz CT molecular complexity index is 181. The van der Waals surface area contributed by atoms with E-state index in [4.69, 9.17) is 9.47 Å². The molecule has 68 valence electrons. The Labute approximate surface area is 71.6 Å². The van der Waals surface area contributed by atoms with Gasteiger partial charge in [0.25, 0.3) is 0 Å². The van der Waals surface area contributed by atoms with Crippen LogP contribution < -0.4 is 0 Å². The summed E-state index contributed by atoms with van der Waals surface area (Å²) in [5.41, 5.74) is -0.282. The highest BCUT2D eigenvalue weighted by Crippen LogP contribution is 2.24. The first kappa shape index (κ1) is 9.39. The van der Waals surface area contributed by atoms with E-state index in [0.29, 0.717) is 19.8 Å². The lowest BCUT2D eigenvalue weighted by molar-refractivity contribution is -0.0828. The molecule has 0 N–H and O–H groups in total. The second-order valence-electron chi connectivity index (χ2n) is 2.91. The first-order valence-electron chi connectivity index (χ1n) is 3.99. The predicted molar refractivity (Wildman–Crippen MR) is 42.8 cm³/mol. The summed E-state index contributed by atoms with van der Waals surface area (Å²) in [5, 5.41) is 0. The molecule has 1 fully saturated rings. The van der Waals surface area contributed by atoms with Crippen molar-refractivity contribution in [3.05, 3.63) is 0 Å². The number of nitrogens with zero attached hydrogens (tertiary/aromatic N) is 1. The zero-order valence-corrected chi connectivity index (χ0v) is 7.21. The zero-order valence-electron chi connectivity index (χ0n) is 7.21. The van der Waals surface area contributed by atoms with Crippen LogP contribution in [0.5, 0.6) is 0 Å². The molecule has 0 amide bonds. The molecule has 0 radical (unpaired) electrons. The van der Waals surface area contributed by atoms with Crippen LogP contribution in [0.1, 0.15) is 12.8 Å². The van der Waals surface area contributed by atoms with Gasteiger partial charge in [-0.05, 0) is 0 Å². The van der Waals surface area contributed by atoms with Crippen LogP contribution in [0.3, 0.4) is 0 Å². The molecule has 0 aliphatic carbocycles. The normalized spacial score (nSPS) is 21.4. The Morgan fingerprint density at radius 3 is 2.75 bits per heavy atom. The molecule has 0 aromatic rings. The third kappa shape index (κ3) is 2.14. The van der Waals surface area contributed by atoms with E-state index in [1.165, 1.54) is 6.08 Å². The van der Waals surface area contributed by atoms with Crippen molar-refractivity contribution >= 4 is 6.08 Å². The number of hydrogen-bond donors (Lipinski definition) is 0. The minimum absolute atomic E-state index is 0.282. The largest absolute Gasteiger partial charge is 0.381 e. The number of hydrogen-bond acceptors (Lipinski definition) is 4. The molecule has 0 aromatic carbocycles. The van der Waals surface area contributed by atoms with Gasteiger partial charge in [0, 0.05) is 33.2 Å². The van der Waals surface area contributed by atoms with Crippen LogP contribution in [0.25, 0.3) is 0 Å². The van der Waals surface area contributed by atoms with Gasteiger partial charge in [-0.3, -0.25) is 0 Å². The van der Waals surface area contributed by atoms with Crippen LogP contribution in [0, 0.1) is 0 Å². The Morgan fingerprint density at radius 1 is 1.58 bits per heavy atom. The van der Waals surface area contributed by atoms with Crippen molar-refractivity contribution in [3.63, 3.8) is 0 Å². The maximum Gasteiger partial charge on any atom is 0.235 e. The summed E-state index contributed by atoms with van der Waals surface area (Å²) >= 11 is 0. The Hall–Kier alpha value is -0.700. The smallest absolute Gasteiger partial charge is 0.235 e. The molecule has 1 heterocycles. The van der Waals surface area contributed by atoms with Gasteiger partial charge in [-0.1, -0.05) is 0 Å². The number of isocyanates is 1. The average Bonchev–Trinajstić information content (AvgIpc) is 2.16. The fourth-order valence-corrected chi connectivity index (χ4v) is 1.35. The fraction of sp³-hybridized carbons (Fsp3) is 0.875. The van der Waals surface area contributed by atoms with Gasteiger partial charge in [0.2, 0.25) is 6.08 Å². The highest BCUT2D eigenvalue weighted by molar-refractivity contribution is 5.33. The molecular formula is C8H13NO3. The summed E-state index contributed by atoms with van der Waals surface area (Å²) in [6.45, 7) is 1.76. The molecule has 1 rings (SSSR count). The number of rotatable bonds is 3. The highest BCUT2D eigenvalue weighted by atomic mass is 16.5. The van der Waals surface area contributed by atoms with Gasteiger partial charge in [0.1, 0.15) is 0 Å². The lowest BCUT2D eigenvalue weighted by Gasteiger charge is -2.33. The van der Waals surface area contributed by atoms with Gasteiger partial charge in [-0.25, -0.2) is 9.79 Å². The molecule has 12 heavy (non-hydrogen) atoms. The van der Waals surface area contributed by atoms with Crippen molar-refractivity contribution < 1.29 is 14.3 Å². The quantitative estimate of drug-likeness (QED) is 0.459. The third-order valence-electron chi connectivity index (χ3n) is 2.27. The van der Waals surface area contributed by atoms with Crippen molar-refractivity contribution in [3.8, 4) is 0 Å². The van der Waals surface area contributed by atoms with Crippen molar-refractivity contribution in [1.29, 1.82) is 0 Å². The SMILES string of the molecule is COC1(CN=C=O)CCOCC1. The Morgan fingerprint density at radius 2 is 2.25 bits per heavy atom. The Kier molecular flexibility index (Phi) is 3.41. The average molecular weight is 171 g/mol. The molecule has 0 unspecified atom stereocenters. The van der Waals surface area contributed by atoms with Crippen LogP contribution in [0.15, 0.2) is 4.99 Å². The summed E-state index contributed by atoms with van der Waals surface area (Å²) in [7, 11) is 1.64. The summed E-state index contributed by atoms with van der Waals surface area (Å²) < 4.78 is 10.5. The summed E-state index contributed by atoms with van der Waals surface area (Å²) in [6.07, 6.45) is 3.13. The molecule has 0 atom stereocenters. The monoisotopic (exact) mass is 171 g/mol. The van der Waals surface area contributed by atoms with Crippen LogP contribution in [-0.2, 0) is 14.3 Å². The second kappa shape index (κ2) is 4.36. The number of aliphatic imine (C=N–C) groups is 1. The van der Waals surface area contributed by atoms with Crippen LogP contribution in [-0.4, -0.2) is 38.5 Å². The van der Waals surface area contributed by atoms with Gasteiger partial charge in [0.05, 0.1) is 12.1 Å². The topological polar surface area (TPSA) is 47.9 Å². The molecule has 4 nitrogen and oxygen atoms in total. The van der Waals surface area contributed by atoms with E-state index >= 15 is 0 Å². The molecule has 4 heteroatoms. The van der Waals surface area contributed by atoms with Crippen LogP contribution >= 0.6 is 0 Å². The van der Waals surface area contributed by atoms with E-state index in [0.717, 1.165) is 12.8 Å². The van der Waals surface area contributed by atoms with Crippen molar-refractivity contribution in [2.75, 3.05) is 26.9 Å². The number of ether oxygens (including phenoxy) is 2. The highest BCUT2D eigenvalue weighted by Gasteiger charge is 2.32. The van der Waals surface area contributed by atoms with Crippen molar-refractivity contribution in [2.45, 2.75) is 18.4 Å². The summed E-state index contributed by atoms with van der Waals surface area (Å²) in [5.74, 6) is 0. The minimum Gasteiger partial charge on any atom is -0.381 e. The van der Waals surface area contributed by atoms with E-state index < -0.39 is 0 Å². The van der Waals surface area contributed by atoms with Gasteiger partial charge in [-0.2, -0.15) is 0 Å². The van der Waals surface area contributed by atoms with E-state index in [1.807, 2.05) is 0 Å². The molecule has 0 spiro atoms. The summed E-state index contributed by atoms with van der Waals surface area (Å²) in [6, 6.07) is 0. The van der Waals surface area contributed by atoms with E-state index in [9.17, 15) is 4.79 Å². The lowest BCUT2D eigenvalue weighted by Crippen LogP contribution is -2.40. The maximum absolute atomic E-state index is 9.93. The molecule has 1 aliphatic heterocycles. The van der Waals surface area contributed by atoms with Gasteiger partial charge in [-0.15, -0.1) is 0 Å². The van der Waals surface area contributed by atoms with E-state index in [1.54, 1.807) is 7.11 Å². The number of methoxy groups -OCH3 is 1. The van der Waals surface area contributed by atoms with Crippen LogP contribution in [0.4, 0.5) is 0 Å². The molecule has 0 saturated carbocycles. The molecule has 0 bridgehead atoms. The summed E-state index contributed by atoms with van der Waals surface area (Å²) in [4.78, 5) is 13.5. The Balaban J connectivity index is 2.53. The van der Waals surface area contributed by atoms with Gasteiger partial charge in [0.15, 0.2) is 0 Å². The maximum atomic E-state index is 9.93. The minimum atomic E-state index is -0.282. The van der Waals surface area contributed by atoms with Crippen LogP contribution in [0.2, 0.25) is 0 Å². The standard InChI is InChI=1S/C8H13NO3/c1-11-8(6-9-7-10)2-4-12-5-3-8/h2-6H2,1H3.